The number of carbonyl (C=O) groups is 3. The smallest absolute Gasteiger partial charge is 0.411 e. The minimum atomic E-state index is -0.831. The van der Waals surface area contributed by atoms with E-state index in [9.17, 15) is 14.4 Å². The van der Waals surface area contributed by atoms with Gasteiger partial charge >= 0.3 is 6.09 Å². The van der Waals surface area contributed by atoms with Crippen LogP contribution in [0.25, 0.3) is 0 Å². The second kappa shape index (κ2) is 9.43. The number of anilines is 1. The molecule has 1 aromatic heterocycles. The van der Waals surface area contributed by atoms with Crippen LogP contribution >= 0.6 is 0 Å². The van der Waals surface area contributed by atoms with Crippen LogP contribution in [-0.4, -0.2) is 35.4 Å². The Balaban J connectivity index is 1.39. The molecule has 1 saturated carbocycles. The first-order chi connectivity index (χ1) is 16.6. The van der Waals surface area contributed by atoms with Crippen molar-refractivity contribution in [2.75, 3.05) is 11.9 Å². The molecule has 2 aromatic carbocycles. The molecule has 0 radical (unpaired) electrons. The summed E-state index contributed by atoms with van der Waals surface area (Å²) in [6, 6.07) is 18.8. The zero-order valence-corrected chi connectivity index (χ0v) is 18.5. The van der Waals surface area contributed by atoms with Gasteiger partial charge in [-0.1, -0.05) is 42.5 Å². The van der Waals surface area contributed by atoms with Gasteiger partial charge in [-0.3, -0.25) is 14.5 Å². The van der Waals surface area contributed by atoms with E-state index in [4.69, 9.17) is 9.15 Å². The Bertz CT molecular complexity index is 1170. The Hall–Kier alpha value is -4.07. The molecule has 2 unspecified atom stereocenters. The summed E-state index contributed by atoms with van der Waals surface area (Å²) in [5, 5.41) is 5.77. The van der Waals surface area contributed by atoms with Crippen LogP contribution in [0, 0.1) is 5.92 Å². The van der Waals surface area contributed by atoms with Crippen LogP contribution in [0.4, 0.5) is 10.5 Å². The van der Waals surface area contributed by atoms with Crippen LogP contribution in [0.3, 0.4) is 0 Å². The Morgan fingerprint density at radius 1 is 1.00 bits per heavy atom. The summed E-state index contributed by atoms with van der Waals surface area (Å²) in [4.78, 5) is 40.0. The van der Waals surface area contributed by atoms with Gasteiger partial charge in [-0.25, -0.2) is 4.79 Å². The number of ether oxygens (including phenoxy) is 1. The number of benzene rings is 2. The largest absolute Gasteiger partial charge is 0.459 e. The first kappa shape index (κ1) is 21.8. The summed E-state index contributed by atoms with van der Waals surface area (Å²) < 4.78 is 10.9. The molecule has 8 nitrogen and oxygen atoms in total. The maximum absolute atomic E-state index is 13.3. The van der Waals surface area contributed by atoms with Crippen molar-refractivity contribution in [2.24, 2.45) is 5.92 Å². The molecule has 34 heavy (non-hydrogen) atoms. The van der Waals surface area contributed by atoms with Crippen LogP contribution in [0.1, 0.15) is 40.6 Å². The zero-order chi connectivity index (χ0) is 23.5. The van der Waals surface area contributed by atoms with Crippen molar-refractivity contribution >= 4 is 23.6 Å². The van der Waals surface area contributed by atoms with E-state index >= 15 is 0 Å². The highest BCUT2D eigenvalue weighted by atomic mass is 16.6. The van der Waals surface area contributed by atoms with Crippen molar-refractivity contribution in [3.05, 3.63) is 89.9 Å². The first-order valence-corrected chi connectivity index (χ1v) is 11.3. The number of rotatable bonds is 8. The molecule has 2 fully saturated rings. The minimum absolute atomic E-state index is 0.184. The van der Waals surface area contributed by atoms with Gasteiger partial charge in [0.05, 0.1) is 12.8 Å². The van der Waals surface area contributed by atoms with E-state index in [-0.39, 0.29) is 18.2 Å². The molecule has 2 heterocycles. The average Bonchev–Trinajstić information content (AvgIpc) is 3.39. The summed E-state index contributed by atoms with van der Waals surface area (Å²) in [7, 11) is 0. The van der Waals surface area contributed by atoms with Crippen LogP contribution in [-0.2, 0) is 16.1 Å². The molecule has 2 N–H and O–H groups in total. The lowest BCUT2D eigenvalue weighted by Crippen LogP contribution is -2.46. The molecule has 1 saturated heterocycles. The van der Waals surface area contributed by atoms with Crippen molar-refractivity contribution in [2.45, 2.75) is 31.5 Å². The molecule has 8 heteroatoms. The maximum Gasteiger partial charge on any atom is 0.411 e. The predicted molar refractivity (Wildman–Crippen MR) is 124 cm³/mol. The molecule has 0 spiro atoms. The van der Waals surface area contributed by atoms with Crippen molar-refractivity contribution in [1.29, 1.82) is 0 Å². The number of hydrogen-bond donors (Lipinski definition) is 2. The minimum Gasteiger partial charge on any atom is -0.459 e. The quantitative estimate of drug-likeness (QED) is 0.528. The lowest BCUT2D eigenvalue weighted by Gasteiger charge is -2.24. The summed E-state index contributed by atoms with van der Waals surface area (Å²) in [6.45, 7) is 0.848. The van der Waals surface area contributed by atoms with Gasteiger partial charge in [0.25, 0.3) is 5.91 Å². The fraction of sp³-hybridized carbons (Fsp3) is 0.269. The molecule has 1 aliphatic heterocycles. The lowest BCUT2D eigenvalue weighted by atomic mass is 10.00. The molecule has 1 aliphatic carbocycles. The number of nitrogens with one attached hydrogen (secondary N) is 2. The van der Waals surface area contributed by atoms with E-state index in [1.54, 1.807) is 36.4 Å². The monoisotopic (exact) mass is 459 g/mol. The van der Waals surface area contributed by atoms with Crippen molar-refractivity contribution in [3.8, 4) is 0 Å². The van der Waals surface area contributed by atoms with Gasteiger partial charge in [0.15, 0.2) is 17.9 Å². The van der Waals surface area contributed by atoms with E-state index in [0.717, 1.165) is 18.4 Å². The van der Waals surface area contributed by atoms with E-state index < -0.39 is 24.1 Å². The van der Waals surface area contributed by atoms with Gasteiger partial charge in [-0.05, 0) is 54.2 Å². The molecule has 0 bridgehead atoms. The number of amides is 3. The second-order valence-corrected chi connectivity index (χ2v) is 8.61. The van der Waals surface area contributed by atoms with Crippen LogP contribution < -0.4 is 10.6 Å². The Labute approximate surface area is 196 Å². The highest BCUT2D eigenvalue weighted by molar-refractivity contribution is 6.02. The van der Waals surface area contributed by atoms with Crippen LogP contribution in [0.15, 0.2) is 77.4 Å². The fourth-order valence-electron chi connectivity index (χ4n) is 4.06. The summed E-state index contributed by atoms with van der Waals surface area (Å²) in [6.07, 6.45) is 2.28. The predicted octanol–water partition coefficient (Wildman–Crippen LogP) is 4.12. The third-order valence-corrected chi connectivity index (χ3v) is 6.03. The summed E-state index contributed by atoms with van der Waals surface area (Å²) in [5.74, 6) is 0.0471. The standard InChI is InChI=1S/C26H25N3O5/c30-24(21-10-5-13-33-21)28-20-9-4-8-19(14-20)23-22(25(31)27-15-17-11-12-17)29(26(32)34-23)16-18-6-2-1-3-7-18/h1-10,13-14,17,22-23H,11-12,15-16H2,(H,27,31)(H,28,30). The van der Waals surface area contributed by atoms with Gasteiger partial charge < -0.3 is 19.8 Å². The van der Waals surface area contributed by atoms with E-state index in [1.165, 1.54) is 11.2 Å². The van der Waals surface area contributed by atoms with Gasteiger partial charge in [-0.2, -0.15) is 0 Å². The van der Waals surface area contributed by atoms with E-state index in [2.05, 4.69) is 10.6 Å². The zero-order valence-electron chi connectivity index (χ0n) is 18.5. The van der Waals surface area contributed by atoms with Gasteiger partial charge in [0.1, 0.15) is 0 Å². The topological polar surface area (TPSA) is 101 Å². The lowest BCUT2D eigenvalue weighted by molar-refractivity contribution is -0.126. The van der Waals surface area contributed by atoms with E-state index in [1.807, 2.05) is 30.3 Å². The molecule has 2 atom stereocenters. The number of cyclic esters (lactones) is 1. The summed E-state index contributed by atoms with van der Waals surface area (Å²) in [5.41, 5.74) is 2.03. The average molecular weight is 460 g/mol. The normalized spacial score (nSPS) is 19.5. The maximum atomic E-state index is 13.3. The van der Waals surface area contributed by atoms with Gasteiger partial charge in [-0.15, -0.1) is 0 Å². The van der Waals surface area contributed by atoms with Crippen LogP contribution in [0.5, 0.6) is 0 Å². The molecule has 5 rings (SSSR count). The van der Waals surface area contributed by atoms with Crippen molar-refractivity contribution < 1.29 is 23.5 Å². The molecule has 174 valence electrons. The van der Waals surface area contributed by atoms with Crippen molar-refractivity contribution in [1.82, 2.24) is 10.2 Å². The SMILES string of the molecule is O=C(Nc1cccc(C2OC(=O)N(Cc3ccccc3)C2C(=O)NCC2CC2)c1)c1ccco1. The van der Waals surface area contributed by atoms with Crippen molar-refractivity contribution in [3.63, 3.8) is 0 Å². The fourth-order valence-corrected chi connectivity index (χ4v) is 4.06. The third-order valence-electron chi connectivity index (χ3n) is 6.03. The summed E-state index contributed by atoms with van der Waals surface area (Å²) >= 11 is 0. The number of carbonyl (C=O) groups excluding carboxylic acids is 3. The number of nitrogens with zero attached hydrogens (tertiary/aromatic N) is 1. The first-order valence-electron chi connectivity index (χ1n) is 11.3. The molecule has 3 aromatic rings. The van der Waals surface area contributed by atoms with Crippen LogP contribution in [0.2, 0.25) is 0 Å². The second-order valence-electron chi connectivity index (χ2n) is 8.61. The Morgan fingerprint density at radius 3 is 2.56 bits per heavy atom. The van der Waals surface area contributed by atoms with Gasteiger partial charge in [0, 0.05) is 12.2 Å². The number of furan rings is 1. The molecule has 3 amide bonds. The highest BCUT2D eigenvalue weighted by Crippen LogP contribution is 2.35. The Kier molecular flexibility index (Phi) is 6.03. The highest BCUT2D eigenvalue weighted by Gasteiger charge is 2.47. The molecular weight excluding hydrogens is 434 g/mol. The third kappa shape index (κ3) is 4.80. The molecule has 2 aliphatic rings. The Morgan fingerprint density at radius 2 is 1.82 bits per heavy atom. The number of hydrogen-bond acceptors (Lipinski definition) is 5. The molecular formula is C26H25N3O5. The van der Waals surface area contributed by atoms with E-state index in [0.29, 0.717) is 23.7 Å². The van der Waals surface area contributed by atoms with Gasteiger partial charge in [0.2, 0.25) is 5.91 Å².